The minimum Gasteiger partial charge on any atom is -0.423 e. The SMILES string of the molecule is C/C=C/C(=O)Oc1ccc2cc(-c3ccc(C#N)cc3)ccc2c1. The molecule has 24 heavy (non-hydrogen) atoms. The molecule has 0 N–H and O–H groups in total. The molecule has 0 fully saturated rings. The molecule has 116 valence electrons. The maximum atomic E-state index is 11.5. The third kappa shape index (κ3) is 3.34. The van der Waals surface area contributed by atoms with Crippen molar-refractivity contribution in [3.8, 4) is 22.9 Å². The van der Waals surface area contributed by atoms with Crippen molar-refractivity contribution in [2.24, 2.45) is 0 Å². The Morgan fingerprint density at radius 3 is 2.33 bits per heavy atom. The molecule has 0 aliphatic heterocycles. The number of fused-ring (bicyclic) bond motifs is 1. The minimum absolute atomic E-state index is 0.383. The second-order valence-electron chi connectivity index (χ2n) is 5.33. The second-order valence-corrected chi connectivity index (χ2v) is 5.33. The van der Waals surface area contributed by atoms with Gasteiger partial charge in [-0.25, -0.2) is 4.79 Å². The van der Waals surface area contributed by atoms with Gasteiger partial charge in [0.15, 0.2) is 0 Å². The van der Waals surface area contributed by atoms with Gasteiger partial charge in [-0.3, -0.25) is 0 Å². The van der Waals surface area contributed by atoms with E-state index in [0.29, 0.717) is 11.3 Å². The fraction of sp³-hybridized carbons (Fsp3) is 0.0476. The van der Waals surface area contributed by atoms with E-state index < -0.39 is 0 Å². The molecule has 3 nitrogen and oxygen atoms in total. The Morgan fingerprint density at radius 1 is 0.958 bits per heavy atom. The van der Waals surface area contributed by atoms with Crippen LogP contribution in [0.4, 0.5) is 0 Å². The molecular weight excluding hydrogens is 298 g/mol. The smallest absolute Gasteiger partial charge is 0.335 e. The average Bonchev–Trinajstić information content (AvgIpc) is 2.61. The number of nitrogens with zero attached hydrogens (tertiary/aromatic N) is 1. The zero-order valence-corrected chi connectivity index (χ0v) is 13.2. The van der Waals surface area contributed by atoms with E-state index in [-0.39, 0.29) is 5.97 Å². The van der Waals surface area contributed by atoms with Gasteiger partial charge < -0.3 is 4.74 Å². The van der Waals surface area contributed by atoms with E-state index in [1.54, 1.807) is 19.1 Å². The van der Waals surface area contributed by atoms with Crippen molar-refractivity contribution in [3.05, 3.63) is 78.4 Å². The Hall–Kier alpha value is -3.38. The summed E-state index contributed by atoms with van der Waals surface area (Å²) in [6.07, 6.45) is 3.03. The second kappa shape index (κ2) is 6.80. The van der Waals surface area contributed by atoms with Crippen molar-refractivity contribution in [2.45, 2.75) is 6.92 Å². The van der Waals surface area contributed by atoms with Crippen molar-refractivity contribution >= 4 is 16.7 Å². The van der Waals surface area contributed by atoms with Gasteiger partial charge in [-0.15, -0.1) is 0 Å². The third-order valence-electron chi connectivity index (χ3n) is 3.68. The van der Waals surface area contributed by atoms with Crippen LogP contribution < -0.4 is 4.74 Å². The molecule has 0 aliphatic carbocycles. The fourth-order valence-electron chi connectivity index (χ4n) is 2.49. The molecule has 0 heterocycles. The largest absolute Gasteiger partial charge is 0.423 e. The summed E-state index contributed by atoms with van der Waals surface area (Å²) in [7, 11) is 0. The van der Waals surface area contributed by atoms with E-state index in [0.717, 1.165) is 21.9 Å². The van der Waals surface area contributed by atoms with Crippen LogP contribution in [0.1, 0.15) is 12.5 Å². The summed E-state index contributed by atoms with van der Waals surface area (Å²) in [5.41, 5.74) is 2.78. The zero-order valence-electron chi connectivity index (χ0n) is 13.2. The predicted octanol–water partition coefficient (Wildman–Crippen LogP) is 4.86. The number of ether oxygens (including phenoxy) is 1. The zero-order chi connectivity index (χ0) is 16.9. The molecular formula is C21H15NO2. The summed E-state index contributed by atoms with van der Waals surface area (Å²) in [5.74, 6) is 0.141. The first-order chi connectivity index (χ1) is 11.7. The van der Waals surface area contributed by atoms with Crippen LogP contribution in [-0.2, 0) is 4.79 Å². The molecule has 3 heteroatoms. The standard InChI is InChI=1S/C21H15NO2/c1-2-3-21(23)24-20-11-10-18-12-17(8-9-19(18)13-20)16-6-4-15(14-22)5-7-16/h2-13H,1H3/b3-2+. The number of hydrogen-bond donors (Lipinski definition) is 0. The van der Waals surface area contributed by atoms with E-state index >= 15 is 0 Å². The van der Waals surface area contributed by atoms with E-state index in [2.05, 4.69) is 12.1 Å². The van der Waals surface area contributed by atoms with Gasteiger partial charge in [0, 0.05) is 6.08 Å². The lowest BCUT2D eigenvalue weighted by molar-refractivity contribution is -0.128. The van der Waals surface area contributed by atoms with Crippen molar-refractivity contribution in [1.29, 1.82) is 5.26 Å². The molecule has 3 rings (SSSR count). The van der Waals surface area contributed by atoms with Gasteiger partial charge in [0.05, 0.1) is 11.6 Å². The molecule has 3 aromatic carbocycles. The Balaban J connectivity index is 1.91. The summed E-state index contributed by atoms with van der Waals surface area (Å²) in [6.45, 7) is 1.77. The molecule has 0 spiro atoms. The molecule has 0 atom stereocenters. The molecule has 3 aromatic rings. The number of rotatable bonds is 3. The number of benzene rings is 3. The van der Waals surface area contributed by atoms with Crippen molar-refractivity contribution in [2.75, 3.05) is 0 Å². The quantitative estimate of drug-likeness (QED) is 0.394. The van der Waals surface area contributed by atoms with E-state index in [9.17, 15) is 4.79 Å². The van der Waals surface area contributed by atoms with Crippen LogP contribution in [0.2, 0.25) is 0 Å². The predicted molar refractivity (Wildman–Crippen MR) is 94.5 cm³/mol. The summed E-state index contributed by atoms with van der Waals surface area (Å²) < 4.78 is 5.25. The normalized spacial score (nSPS) is 10.7. The number of allylic oxidation sites excluding steroid dienone is 1. The van der Waals surface area contributed by atoms with Crippen LogP contribution in [-0.4, -0.2) is 5.97 Å². The topological polar surface area (TPSA) is 50.1 Å². The highest BCUT2D eigenvalue weighted by molar-refractivity contribution is 5.90. The summed E-state index contributed by atoms with van der Waals surface area (Å²) >= 11 is 0. The number of carbonyl (C=O) groups is 1. The van der Waals surface area contributed by atoms with Crippen molar-refractivity contribution in [1.82, 2.24) is 0 Å². The molecule has 0 bridgehead atoms. The molecule has 0 aliphatic rings. The molecule has 0 radical (unpaired) electrons. The Kier molecular flexibility index (Phi) is 4.40. The summed E-state index contributed by atoms with van der Waals surface area (Å²) in [4.78, 5) is 11.5. The number of carbonyl (C=O) groups excluding carboxylic acids is 1. The first kappa shape index (κ1) is 15.5. The van der Waals surface area contributed by atoms with Gasteiger partial charge in [0.2, 0.25) is 0 Å². The lowest BCUT2D eigenvalue weighted by Gasteiger charge is -2.07. The average molecular weight is 313 g/mol. The van der Waals surface area contributed by atoms with Crippen LogP contribution in [0.5, 0.6) is 5.75 Å². The molecule has 0 saturated heterocycles. The first-order valence-corrected chi connectivity index (χ1v) is 7.58. The molecule has 0 aromatic heterocycles. The Labute approximate surface area is 140 Å². The van der Waals surface area contributed by atoms with Gasteiger partial charge in [-0.1, -0.05) is 36.4 Å². The van der Waals surface area contributed by atoms with Gasteiger partial charge in [0.1, 0.15) is 5.75 Å². The maximum Gasteiger partial charge on any atom is 0.335 e. The van der Waals surface area contributed by atoms with Crippen LogP contribution in [0, 0.1) is 11.3 Å². The highest BCUT2D eigenvalue weighted by Gasteiger charge is 2.04. The molecule has 0 unspecified atom stereocenters. The van der Waals surface area contributed by atoms with Gasteiger partial charge in [-0.05, 0) is 59.2 Å². The van der Waals surface area contributed by atoms with E-state index in [1.807, 2.05) is 48.5 Å². The Morgan fingerprint density at radius 2 is 1.62 bits per heavy atom. The molecule has 0 saturated carbocycles. The van der Waals surface area contributed by atoms with E-state index in [1.165, 1.54) is 6.08 Å². The highest BCUT2D eigenvalue weighted by Crippen LogP contribution is 2.27. The first-order valence-electron chi connectivity index (χ1n) is 7.58. The lowest BCUT2D eigenvalue weighted by atomic mass is 10.0. The summed E-state index contributed by atoms with van der Waals surface area (Å²) in [6, 6.07) is 21.3. The van der Waals surface area contributed by atoms with Crippen LogP contribution in [0.15, 0.2) is 72.8 Å². The fourth-order valence-corrected chi connectivity index (χ4v) is 2.49. The molecule has 0 amide bonds. The monoisotopic (exact) mass is 313 g/mol. The summed E-state index contributed by atoms with van der Waals surface area (Å²) in [5, 5.41) is 10.9. The van der Waals surface area contributed by atoms with Gasteiger partial charge in [0.25, 0.3) is 0 Å². The number of nitriles is 1. The van der Waals surface area contributed by atoms with Gasteiger partial charge in [-0.2, -0.15) is 5.26 Å². The highest BCUT2D eigenvalue weighted by atomic mass is 16.5. The number of esters is 1. The Bertz CT molecular complexity index is 963. The van der Waals surface area contributed by atoms with E-state index in [4.69, 9.17) is 10.00 Å². The lowest BCUT2D eigenvalue weighted by Crippen LogP contribution is -2.03. The van der Waals surface area contributed by atoms with Crippen LogP contribution >= 0.6 is 0 Å². The maximum absolute atomic E-state index is 11.5. The minimum atomic E-state index is -0.383. The van der Waals surface area contributed by atoms with Crippen LogP contribution in [0.25, 0.3) is 21.9 Å². The van der Waals surface area contributed by atoms with Crippen LogP contribution in [0.3, 0.4) is 0 Å². The van der Waals surface area contributed by atoms with Crippen molar-refractivity contribution < 1.29 is 9.53 Å². The van der Waals surface area contributed by atoms with Gasteiger partial charge >= 0.3 is 5.97 Å². The number of hydrogen-bond acceptors (Lipinski definition) is 3. The van der Waals surface area contributed by atoms with Crippen molar-refractivity contribution in [3.63, 3.8) is 0 Å². The third-order valence-corrected chi connectivity index (χ3v) is 3.68.